The second-order valence-corrected chi connectivity index (χ2v) is 7.62. The molecule has 1 heterocycles. The van der Waals surface area contributed by atoms with Gasteiger partial charge in [-0.05, 0) is 49.9 Å². The molecular formula is C21H33N3O. The van der Waals surface area contributed by atoms with Gasteiger partial charge in [0.15, 0.2) is 0 Å². The molecule has 0 radical (unpaired) electrons. The molecule has 2 amide bonds. The molecule has 1 aliphatic heterocycles. The largest absolute Gasteiger partial charge is 0.335 e. The van der Waals surface area contributed by atoms with E-state index >= 15 is 0 Å². The van der Waals surface area contributed by atoms with Gasteiger partial charge in [0.05, 0.1) is 0 Å². The highest BCUT2D eigenvalue weighted by Gasteiger charge is 2.16. The molecule has 2 fully saturated rings. The van der Waals surface area contributed by atoms with Crippen molar-refractivity contribution in [2.45, 2.75) is 76.9 Å². The Kier molecular flexibility index (Phi) is 7.16. The van der Waals surface area contributed by atoms with E-state index in [9.17, 15) is 4.79 Å². The maximum atomic E-state index is 12.2. The fourth-order valence-corrected chi connectivity index (χ4v) is 4.08. The molecule has 4 nitrogen and oxygen atoms in total. The van der Waals surface area contributed by atoms with Gasteiger partial charge in [-0.25, -0.2) is 4.79 Å². The molecule has 0 unspecified atom stereocenters. The molecule has 0 aromatic heterocycles. The van der Waals surface area contributed by atoms with Crippen LogP contribution in [-0.2, 0) is 13.1 Å². The van der Waals surface area contributed by atoms with Crippen LogP contribution in [0.4, 0.5) is 4.79 Å². The summed E-state index contributed by atoms with van der Waals surface area (Å²) in [6, 6.07) is 8.88. The topological polar surface area (TPSA) is 44.4 Å². The molecule has 3 rings (SSSR count). The normalized spacial score (nSPS) is 20.0. The summed E-state index contributed by atoms with van der Waals surface area (Å²) in [6.45, 7) is 4.01. The lowest BCUT2D eigenvalue weighted by Gasteiger charge is -2.23. The Balaban J connectivity index is 1.50. The highest BCUT2D eigenvalue weighted by atomic mass is 16.2. The van der Waals surface area contributed by atoms with Crippen molar-refractivity contribution < 1.29 is 4.79 Å². The van der Waals surface area contributed by atoms with Gasteiger partial charge in [-0.2, -0.15) is 0 Å². The van der Waals surface area contributed by atoms with Gasteiger partial charge in [0, 0.05) is 19.1 Å². The zero-order valence-electron chi connectivity index (χ0n) is 15.4. The third-order valence-corrected chi connectivity index (χ3v) is 5.59. The first kappa shape index (κ1) is 18.2. The van der Waals surface area contributed by atoms with Crippen molar-refractivity contribution in [1.29, 1.82) is 0 Å². The Bertz CT molecular complexity index is 532. The third kappa shape index (κ3) is 6.03. The van der Waals surface area contributed by atoms with Crippen molar-refractivity contribution >= 4 is 6.03 Å². The van der Waals surface area contributed by atoms with E-state index in [-0.39, 0.29) is 6.03 Å². The molecule has 0 bridgehead atoms. The summed E-state index contributed by atoms with van der Waals surface area (Å²) in [5.41, 5.74) is 2.59. The van der Waals surface area contributed by atoms with Gasteiger partial charge >= 0.3 is 6.03 Å². The fraction of sp³-hybridized carbons (Fsp3) is 0.667. The van der Waals surface area contributed by atoms with Gasteiger partial charge in [0.25, 0.3) is 0 Å². The van der Waals surface area contributed by atoms with Crippen LogP contribution in [0.25, 0.3) is 0 Å². The fourth-order valence-electron chi connectivity index (χ4n) is 4.08. The monoisotopic (exact) mass is 343 g/mol. The number of likely N-dealkylation sites (tertiary alicyclic amines) is 1. The van der Waals surface area contributed by atoms with Crippen LogP contribution in [0.15, 0.2) is 24.3 Å². The van der Waals surface area contributed by atoms with E-state index in [1.54, 1.807) is 0 Å². The first-order valence-electron chi connectivity index (χ1n) is 10.1. The van der Waals surface area contributed by atoms with Crippen LogP contribution in [0.1, 0.15) is 68.9 Å². The number of carbonyl (C=O) groups is 1. The number of nitrogens with one attached hydrogen (secondary N) is 2. The lowest BCUT2D eigenvalue weighted by Crippen LogP contribution is -2.42. The van der Waals surface area contributed by atoms with Gasteiger partial charge in [-0.15, -0.1) is 0 Å². The zero-order chi connectivity index (χ0) is 17.3. The molecule has 1 aromatic carbocycles. The summed E-state index contributed by atoms with van der Waals surface area (Å²) in [5, 5.41) is 6.21. The van der Waals surface area contributed by atoms with E-state index in [0.29, 0.717) is 12.6 Å². The summed E-state index contributed by atoms with van der Waals surface area (Å²) in [7, 11) is 0. The van der Waals surface area contributed by atoms with Crippen molar-refractivity contribution in [3.05, 3.63) is 35.4 Å². The number of urea groups is 1. The minimum atomic E-state index is -0.0172. The lowest BCUT2D eigenvalue weighted by atomic mass is 9.96. The number of rotatable bonds is 5. The second-order valence-electron chi connectivity index (χ2n) is 7.62. The first-order chi connectivity index (χ1) is 12.3. The number of nitrogens with zero attached hydrogens (tertiary/aromatic N) is 1. The molecular weight excluding hydrogens is 310 g/mol. The van der Waals surface area contributed by atoms with Crippen molar-refractivity contribution in [2.75, 3.05) is 13.1 Å². The summed E-state index contributed by atoms with van der Waals surface area (Å²) < 4.78 is 0. The molecule has 4 heteroatoms. The molecule has 138 valence electrons. The Hall–Kier alpha value is -1.55. The van der Waals surface area contributed by atoms with Crippen LogP contribution in [0.5, 0.6) is 0 Å². The Morgan fingerprint density at radius 3 is 2.28 bits per heavy atom. The van der Waals surface area contributed by atoms with Gasteiger partial charge in [-0.1, -0.05) is 56.4 Å². The quantitative estimate of drug-likeness (QED) is 0.842. The van der Waals surface area contributed by atoms with E-state index in [0.717, 1.165) is 19.4 Å². The highest BCUT2D eigenvalue weighted by Crippen LogP contribution is 2.18. The van der Waals surface area contributed by atoms with Crippen molar-refractivity contribution in [3.8, 4) is 0 Å². The molecule has 2 aliphatic rings. The molecule has 2 N–H and O–H groups in total. The Morgan fingerprint density at radius 2 is 1.56 bits per heavy atom. The van der Waals surface area contributed by atoms with E-state index < -0.39 is 0 Å². The standard InChI is InChI=1S/C21H33N3O/c25-21(23-20-12-4-3-5-13-20)22-16-18-10-6-7-11-19(18)17-24-14-8-1-2-9-15-24/h6-7,10-11,20H,1-5,8-9,12-17H2,(H2,22,23,25). The summed E-state index contributed by atoms with van der Waals surface area (Å²) in [5.74, 6) is 0. The first-order valence-corrected chi connectivity index (χ1v) is 10.1. The molecule has 0 spiro atoms. The number of benzene rings is 1. The van der Waals surface area contributed by atoms with Crippen LogP contribution >= 0.6 is 0 Å². The summed E-state index contributed by atoms with van der Waals surface area (Å²) in [4.78, 5) is 14.8. The van der Waals surface area contributed by atoms with Gasteiger partial charge < -0.3 is 10.6 Å². The minimum absolute atomic E-state index is 0.0172. The predicted molar refractivity (Wildman–Crippen MR) is 102 cm³/mol. The highest BCUT2D eigenvalue weighted by molar-refractivity contribution is 5.74. The van der Waals surface area contributed by atoms with Crippen molar-refractivity contribution in [1.82, 2.24) is 15.5 Å². The van der Waals surface area contributed by atoms with Crippen LogP contribution < -0.4 is 10.6 Å². The van der Waals surface area contributed by atoms with Crippen LogP contribution in [0.3, 0.4) is 0 Å². The van der Waals surface area contributed by atoms with Crippen LogP contribution in [-0.4, -0.2) is 30.1 Å². The number of hydrogen-bond acceptors (Lipinski definition) is 2. The number of carbonyl (C=O) groups excluding carboxylic acids is 1. The molecule has 1 aromatic rings. The minimum Gasteiger partial charge on any atom is -0.335 e. The van der Waals surface area contributed by atoms with Crippen LogP contribution in [0, 0.1) is 0 Å². The molecule has 0 atom stereocenters. The summed E-state index contributed by atoms with van der Waals surface area (Å²) >= 11 is 0. The SMILES string of the molecule is O=C(NCc1ccccc1CN1CCCCCC1)NC1CCCCC1. The molecule has 25 heavy (non-hydrogen) atoms. The number of amides is 2. The van der Waals surface area contributed by atoms with Crippen molar-refractivity contribution in [2.24, 2.45) is 0 Å². The van der Waals surface area contributed by atoms with Gasteiger partial charge in [0.1, 0.15) is 0 Å². The van der Waals surface area contributed by atoms with E-state index in [1.165, 1.54) is 69.2 Å². The average molecular weight is 344 g/mol. The van der Waals surface area contributed by atoms with E-state index in [4.69, 9.17) is 0 Å². The van der Waals surface area contributed by atoms with Gasteiger partial charge in [-0.3, -0.25) is 4.90 Å². The van der Waals surface area contributed by atoms with Crippen molar-refractivity contribution in [3.63, 3.8) is 0 Å². The smallest absolute Gasteiger partial charge is 0.315 e. The Morgan fingerprint density at radius 1 is 0.920 bits per heavy atom. The lowest BCUT2D eigenvalue weighted by molar-refractivity contribution is 0.232. The third-order valence-electron chi connectivity index (χ3n) is 5.59. The Labute approximate surface area is 152 Å². The molecule has 1 aliphatic carbocycles. The number of hydrogen-bond donors (Lipinski definition) is 2. The molecule has 1 saturated heterocycles. The second kappa shape index (κ2) is 9.81. The predicted octanol–water partition coefficient (Wildman–Crippen LogP) is 4.19. The maximum Gasteiger partial charge on any atom is 0.315 e. The zero-order valence-corrected chi connectivity index (χ0v) is 15.4. The van der Waals surface area contributed by atoms with Gasteiger partial charge in [0.2, 0.25) is 0 Å². The van der Waals surface area contributed by atoms with Crippen LogP contribution in [0.2, 0.25) is 0 Å². The maximum absolute atomic E-state index is 12.2. The van der Waals surface area contributed by atoms with E-state index in [2.05, 4.69) is 39.8 Å². The summed E-state index contributed by atoms with van der Waals surface area (Å²) in [6.07, 6.45) is 11.4. The molecule has 1 saturated carbocycles. The van der Waals surface area contributed by atoms with E-state index in [1.807, 2.05) is 0 Å². The average Bonchev–Trinajstić information content (AvgIpc) is 2.90.